The van der Waals surface area contributed by atoms with E-state index >= 15 is 0 Å². The summed E-state index contributed by atoms with van der Waals surface area (Å²) in [4.78, 5) is 39.3. The SMILES string of the molecule is COc1cc2c(cc1OC)CN(C(=O)COC(=O)c1ccccc1NC(=O)c1ccco1)CC2. The minimum atomic E-state index is -0.715. The number of carbonyl (C=O) groups excluding carboxylic acids is 3. The summed E-state index contributed by atoms with van der Waals surface area (Å²) in [5, 5.41) is 2.63. The van der Waals surface area contributed by atoms with Crippen molar-refractivity contribution in [3.8, 4) is 11.5 Å². The molecule has 2 heterocycles. The van der Waals surface area contributed by atoms with E-state index in [4.69, 9.17) is 18.6 Å². The minimum Gasteiger partial charge on any atom is -0.493 e. The number of hydrogen-bond acceptors (Lipinski definition) is 7. The molecule has 176 valence electrons. The Morgan fingerprint density at radius 1 is 1.00 bits per heavy atom. The van der Waals surface area contributed by atoms with Gasteiger partial charge in [0.2, 0.25) is 0 Å². The van der Waals surface area contributed by atoms with E-state index in [0.29, 0.717) is 31.0 Å². The van der Waals surface area contributed by atoms with Crippen LogP contribution in [0.25, 0.3) is 0 Å². The van der Waals surface area contributed by atoms with E-state index in [1.165, 1.54) is 18.4 Å². The number of benzene rings is 2. The van der Waals surface area contributed by atoms with Gasteiger partial charge < -0.3 is 28.8 Å². The third-order valence-corrected chi connectivity index (χ3v) is 5.54. The number of rotatable bonds is 7. The molecule has 2 amide bonds. The molecule has 9 heteroatoms. The molecule has 1 aromatic heterocycles. The van der Waals surface area contributed by atoms with E-state index < -0.39 is 18.5 Å². The van der Waals surface area contributed by atoms with Crippen molar-refractivity contribution in [2.75, 3.05) is 32.7 Å². The van der Waals surface area contributed by atoms with Crippen LogP contribution in [0, 0.1) is 0 Å². The van der Waals surface area contributed by atoms with Crippen molar-refractivity contribution in [3.63, 3.8) is 0 Å². The number of furan rings is 1. The topological polar surface area (TPSA) is 107 Å². The number of nitrogens with zero attached hydrogens (tertiary/aromatic N) is 1. The first-order valence-electron chi connectivity index (χ1n) is 10.6. The Morgan fingerprint density at radius 2 is 1.74 bits per heavy atom. The minimum absolute atomic E-state index is 0.109. The van der Waals surface area contributed by atoms with Crippen LogP contribution in [0.15, 0.2) is 59.2 Å². The Kier molecular flexibility index (Phi) is 6.82. The lowest BCUT2D eigenvalue weighted by molar-refractivity contribution is -0.135. The van der Waals surface area contributed by atoms with Crippen LogP contribution in [-0.4, -0.2) is 50.1 Å². The highest BCUT2D eigenvalue weighted by atomic mass is 16.5. The standard InChI is InChI=1S/C25H24N2O7/c1-31-21-12-16-9-10-27(14-17(16)13-22(21)32-2)23(28)15-34-25(30)18-6-3-4-7-19(18)26-24(29)20-8-5-11-33-20/h3-8,11-13H,9-10,14-15H2,1-2H3,(H,26,29). The van der Waals surface area contributed by atoms with Crippen molar-refractivity contribution >= 4 is 23.5 Å². The van der Waals surface area contributed by atoms with Gasteiger partial charge >= 0.3 is 5.97 Å². The van der Waals surface area contributed by atoms with Crippen molar-refractivity contribution in [2.45, 2.75) is 13.0 Å². The second-order valence-electron chi connectivity index (χ2n) is 7.59. The van der Waals surface area contributed by atoms with E-state index in [2.05, 4.69) is 5.32 Å². The van der Waals surface area contributed by atoms with Crippen molar-refractivity contribution in [3.05, 3.63) is 77.2 Å². The number of fused-ring (bicyclic) bond motifs is 1. The number of hydrogen-bond donors (Lipinski definition) is 1. The molecule has 0 atom stereocenters. The van der Waals surface area contributed by atoms with Crippen LogP contribution in [0.4, 0.5) is 5.69 Å². The van der Waals surface area contributed by atoms with Crippen molar-refractivity contribution in [1.29, 1.82) is 0 Å². The van der Waals surface area contributed by atoms with Gasteiger partial charge in [-0.05, 0) is 53.9 Å². The van der Waals surface area contributed by atoms with E-state index in [9.17, 15) is 14.4 Å². The van der Waals surface area contributed by atoms with E-state index in [1.54, 1.807) is 43.4 Å². The summed E-state index contributed by atoms with van der Waals surface area (Å²) >= 11 is 0. The highest BCUT2D eigenvalue weighted by Crippen LogP contribution is 2.33. The van der Waals surface area contributed by atoms with E-state index in [1.807, 2.05) is 12.1 Å². The second kappa shape index (κ2) is 10.1. The average molecular weight is 464 g/mol. The maximum Gasteiger partial charge on any atom is 0.340 e. The molecule has 1 aliphatic rings. The lowest BCUT2D eigenvalue weighted by atomic mass is 9.99. The summed E-state index contributed by atoms with van der Waals surface area (Å²) in [5.74, 6) is -0.181. The molecule has 2 aromatic carbocycles. The zero-order valence-corrected chi connectivity index (χ0v) is 18.8. The predicted molar refractivity (Wildman–Crippen MR) is 122 cm³/mol. The fourth-order valence-electron chi connectivity index (χ4n) is 3.75. The highest BCUT2D eigenvalue weighted by Gasteiger charge is 2.24. The molecule has 0 saturated carbocycles. The molecule has 0 bridgehead atoms. The van der Waals surface area contributed by atoms with E-state index in [0.717, 1.165) is 11.1 Å². The maximum atomic E-state index is 12.7. The van der Waals surface area contributed by atoms with Gasteiger partial charge in [0, 0.05) is 13.1 Å². The third kappa shape index (κ3) is 4.88. The number of methoxy groups -OCH3 is 2. The Balaban J connectivity index is 1.39. The number of carbonyl (C=O) groups is 3. The first-order chi connectivity index (χ1) is 16.5. The smallest absolute Gasteiger partial charge is 0.340 e. The number of esters is 1. The van der Waals surface area contributed by atoms with Gasteiger partial charge in [0.15, 0.2) is 23.9 Å². The van der Waals surface area contributed by atoms with Crippen LogP contribution in [0.2, 0.25) is 0 Å². The van der Waals surface area contributed by atoms with Crippen molar-refractivity contribution in [1.82, 2.24) is 4.90 Å². The summed E-state index contributed by atoms with van der Waals surface area (Å²) < 4.78 is 21.0. The lowest BCUT2D eigenvalue weighted by Gasteiger charge is -2.29. The molecule has 0 spiro atoms. The molecular formula is C25H24N2O7. The molecule has 0 saturated heterocycles. The Hall–Kier alpha value is -4.27. The number of amides is 2. The van der Waals surface area contributed by atoms with Gasteiger partial charge in [0.05, 0.1) is 31.7 Å². The van der Waals surface area contributed by atoms with Crippen molar-refractivity contribution in [2.24, 2.45) is 0 Å². The molecule has 0 unspecified atom stereocenters. The molecule has 4 rings (SSSR count). The van der Waals surface area contributed by atoms with Gasteiger partial charge in [0.25, 0.3) is 11.8 Å². The Morgan fingerprint density at radius 3 is 2.44 bits per heavy atom. The molecule has 1 N–H and O–H groups in total. The van der Waals surface area contributed by atoms with Gasteiger partial charge in [-0.3, -0.25) is 9.59 Å². The number of anilines is 1. The van der Waals surface area contributed by atoms with Gasteiger partial charge in [-0.15, -0.1) is 0 Å². The maximum absolute atomic E-state index is 12.7. The second-order valence-corrected chi connectivity index (χ2v) is 7.59. The molecule has 3 aromatic rings. The van der Waals surface area contributed by atoms with Gasteiger partial charge in [-0.1, -0.05) is 12.1 Å². The van der Waals surface area contributed by atoms with Crippen LogP contribution in [0.3, 0.4) is 0 Å². The fraction of sp³-hybridized carbons (Fsp3) is 0.240. The van der Waals surface area contributed by atoms with Crippen LogP contribution in [0.5, 0.6) is 11.5 Å². The first-order valence-corrected chi connectivity index (χ1v) is 10.6. The third-order valence-electron chi connectivity index (χ3n) is 5.54. The molecule has 9 nitrogen and oxygen atoms in total. The molecule has 1 aliphatic heterocycles. The normalized spacial score (nSPS) is 12.5. The van der Waals surface area contributed by atoms with Crippen LogP contribution in [-0.2, 0) is 22.5 Å². The van der Waals surface area contributed by atoms with Crippen LogP contribution in [0.1, 0.15) is 32.0 Å². The molecule has 0 fully saturated rings. The van der Waals surface area contributed by atoms with Gasteiger partial charge in [0.1, 0.15) is 0 Å². The molecule has 0 aliphatic carbocycles. The molecular weight excluding hydrogens is 440 g/mol. The van der Waals surface area contributed by atoms with Gasteiger partial charge in [-0.2, -0.15) is 0 Å². The quantitative estimate of drug-likeness (QED) is 0.535. The number of ether oxygens (including phenoxy) is 3. The summed E-state index contributed by atoms with van der Waals surface area (Å²) in [7, 11) is 3.14. The zero-order valence-electron chi connectivity index (χ0n) is 18.8. The Labute approximate surface area is 196 Å². The molecule has 34 heavy (non-hydrogen) atoms. The zero-order chi connectivity index (χ0) is 24.1. The Bertz CT molecular complexity index is 1200. The number of nitrogens with one attached hydrogen (secondary N) is 1. The van der Waals surface area contributed by atoms with E-state index in [-0.39, 0.29) is 22.9 Å². The fourth-order valence-corrected chi connectivity index (χ4v) is 3.75. The molecule has 0 radical (unpaired) electrons. The predicted octanol–water partition coefficient (Wildman–Crippen LogP) is 3.29. The highest BCUT2D eigenvalue weighted by molar-refractivity contribution is 6.06. The summed E-state index contributed by atoms with van der Waals surface area (Å²) in [6, 6.07) is 13.3. The summed E-state index contributed by atoms with van der Waals surface area (Å²) in [6.45, 7) is 0.457. The first kappa shape index (κ1) is 22.9. The summed E-state index contributed by atoms with van der Waals surface area (Å²) in [6.07, 6.45) is 2.03. The monoisotopic (exact) mass is 464 g/mol. The largest absolute Gasteiger partial charge is 0.493 e. The summed E-state index contributed by atoms with van der Waals surface area (Å²) in [5.41, 5.74) is 2.43. The van der Waals surface area contributed by atoms with Gasteiger partial charge in [-0.25, -0.2) is 4.79 Å². The lowest BCUT2D eigenvalue weighted by Crippen LogP contribution is -2.38. The average Bonchev–Trinajstić information content (AvgIpc) is 3.41. The van der Waals surface area contributed by atoms with Crippen LogP contribution < -0.4 is 14.8 Å². The van der Waals surface area contributed by atoms with Crippen molar-refractivity contribution < 1.29 is 33.0 Å². The number of para-hydroxylation sites is 1. The van der Waals surface area contributed by atoms with Crippen LogP contribution >= 0.6 is 0 Å².